The van der Waals surface area contributed by atoms with Gasteiger partial charge in [-0.25, -0.2) is 9.37 Å². The van der Waals surface area contributed by atoms with Crippen molar-refractivity contribution in [3.05, 3.63) is 51.3 Å². The van der Waals surface area contributed by atoms with Gasteiger partial charge in [0.1, 0.15) is 5.82 Å². The summed E-state index contributed by atoms with van der Waals surface area (Å²) >= 11 is 13.0. The zero-order valence-corrected chi connectivity index (χ0v) is 22.0. The molecule has 2 aromatic carbocycles. The van der Waals surface area contributed by atoms with Gasteiger partial charge in [0.15, 0.2) is 0 Å². The first kappa shape index (κ1) is 26.2. The number of imidazole rings is 1. The zero-order chi connectivity index (χ0) is 26.0. The van der Waals surface area contributed by atoms with Crippen molar-refractivity contribution in [2.75, 3.05) is 5.32 Å². The maximum Gasteiger partial charge on any atom is 0.254 e. The van der Waals surface area contributed by atoms with Crippen molar-refractivity contribution >= 4 is 57.7 Å². The highest BCUT2D eigenvalue weighted by Gasteiger charge is 2.22. The first-order valence-electron chi connectivity index (χ1n) is 12.1. The normalized spacial score (nSPS) is 14.6. The number of rotatable bonds is 6. The molecule has 1 aliphatic carbocycles. The van der Waals surface area contributed by atoms with Crippen LogP contribution in [0.5, 0.6) is 0 Å². The molecular weight excluding hydrogens is 504 g/mol. The molecule has 0 spiro atoms. The summed E-state index contributed by atoms with van der Waals surface area (Å²) in [5, 5.41) is 9.54. The molecule has 10 heteroatoms. The summed E-state index contributed by atoms with van der Waals surface area (Å²) in [4.78, 5) is 32.4. The van der Waals surface area contributed by atoms with Crippen LogP contribution in [0.4, 0.5) is 16.0 Å². The molecule has 7 nitrogen and oxygen atoms in total. The molecule has 0 unspecified atom stereocenters. The average Bonchev–Trinajstić information content (AvgIpc) is 3.21. The van der Waals surface area contributed by atoms with E-state index in [0.717, 1.165) is 32.1 Å². The van der Waals surface area contributed by atoms with Crippen LogP contribution in [0.15, 0.2) is 24.3 Å². The number of anilines is 2. The summed E-state index contributed by atoms with van der Waals surface area (Å²) in [5.74, 6) is -0.881. The largest absolute Gasteiger partial charge is 0.352 e. The summed E-state index contributed by atoms with van der Waals surface area (Å²) in [5.41, 5.74) is 1.34. The Morgan fingerprint density at radius 3 is 2.56 bits per heavy atom. The van der Waals surface area contributed by atoms with Gasteiger partial charge in [-0.15, -0.1) is 0 Å². The van der Waals surface area contributed by atoms with Crippen molar-refractivity contribution in [2.24, 2.45) is 5.41 Å². The number of nitrogens with one attached hydrogen (secondary N) is 4. The van der Waals surface area contributed by atoms with Gasteiger partial charge in [-0.1, -0.05) is 69.3 Å². The molecule has 36 heavy (non-hydrogen) atoms. The molecule has 192 valence electrons. The van der Waals surface area contributed by atoms with Crippen molar-refractivity contribution < 1.29 is 14.0 Å². The number of benzene rings is 2. The maximum atomic E-state index is 14.8. The van der Waals surface area contributed by atoms with Crippen LogP contribution in [0.25, 0.3) is 11.0 Å². The fourth-order valence-electron chi connectivity index (χ4n) is 4.18. The predicted molar refractivity (Wildman–Crippen MR) is 141 cm³/mol. The van der Waals surface area contributed by atoms with Crippen LogP contribution in [0, 0.1) is 11.2 Å². The van der Waals surface area contributed by atoms with E-state index in [-0.39, 0.29) is 30.0 Å². The van der Waals surface area contributed by atoms with Gasteiger partial charge in [0.25, 0.3) is 5.91 Å². The van der Waals surface area contributed by atoms with Crippen LogP contribution in [-0.2, 0) is 11.3 Å². The van der Waals surface area contributed by atoms with Gasteiger partial charge in [0.05, 0.1) is 32.3 Å². The van der Waals surface area contributed by atoms with Crippen LogP contribution >= 0.6 is 23.2 Å². The van der Waals surface area contributed by atoms with Gasteiger partial charge in [-0.05, 0) is 30.5 Å². The van der Waals surface area contributed by atoms with Gasteiger partial charge in [0, 0.05) is 24.1 Å². The Balaban J connectivity index is 1.54. The number of carbonyl (C=O) groups is 2. The molecule has 1 aliphatic rings. The number of nitrogens with zero attached hydrogens (tertiary/aromatic N) is 1. The highest BCUT2D eigenvalue weighted by molar-refractivity contribution is 6.39. The fourth-order valence-corrected chi connectivity index (χ4v) is 4.71. The zero-order valence-electron chi connectivity index (χ0n) is 20.5. The van der Waals surface area contributed by atoms with Gasteiger partial charge < -0.3 is 20.9 Å². The number of H-pyrrole nitrogens is 1. The van der Waals surface area contributed by atoms with Crippen LogP contribution in [0.1, 0.15) is 68.8 Å². The monoisotopic (exact) mass is 533 g/mol. The van der Waals surface area contributed by atoms with E-state index in [1.54, 1.807) is 12.1 Å². The van der Waals surface area contributed by atoms with E-state index in [2.05, 4.69) is 25.9 Å². The van der Waals surface area contributed by atoms with E-state index >= 15 is 0 Å². The Kier molecular flexibility index (Phi) is 7.76. The molecule has 0 saturated heterocycles. The number of aromatic amines is 1. The van der Waals surface area contributed by atoms with Gasteiger partial charge in [-0.2, -0.15) is 0 Å². The lowest BCUT2D eigenvalue weighted by molar-refractivity contribution is -0.128. The van der Waals surface area contributed by atoms with Gasteiger partial charge in [-0.3, -0.25) is 9.59 Å². The maximum absolute atomic E-state index is 14.8. The second-order valence-corrected chi connectivity index (χ2v) is 11.0. The summed E-state index contributed by atoms with van der Waals surface area (Å²) < 4.78 is 14.8. The minimum absolute atomic E-state index is 0.0428. The second kappa shape index (κ2) is 10.6. The Morgan fingerprint density at radius 2 is 1.86 bits per heavy atom. The van der Waals surface area contributed by atoms with E-state index < -0.39 is 17.1 Å². The van der Waals surface area contributed by atoms with Crippen molar-refractivity contribution in [2.45, 2.75) is 65.5 Å². The highest BCUT2D eigenvalue weighted by atomic mass is 35.5. The van der Waals surface area contributed by atoms with Crippen LogP contribution in [0.3, 0.4) is 0 Å². The van der Waals surface area contributed by atoms with Crippen molar-refractivity contribution in [3.63, 3.8) is 0 Å². The van der Waals surface area contributed by atoms with E-state index in [1.807, 2.05) is 20.8 Å². The van der Waals surface area contributed by atoms with E-state index in [0.29, 0.717) is 32.3 Å². The summed E-state index contributed by atoms with van der Waals surface area (Å²) in [6, 6.07) is 6.17. The fraction of sp³-hybridized carbons (Fsp3) is 0.423. The molecule has 0 atom stereocenters. The number of amides is 2. The first-order chi connectivity index (χ1) is 17.0. The lowest BCUT2D eigenvalue weighted by atomic mass is 9.95. The molecule has 1 aromatic heterocycles. The molecule has 1 saturated carbocycles. The third-order valence-electron chi connectivity index (χ3n) is 6.29. The Labute approximate surface area is 219 Å². The Bertz CT molecular complexity index is 1300. The van der Waals surface area contributed by atoms with Crippen molar-refractivity contribution in [1.82, 2.24) is 20.6 Å². The lowest BCUT2D eigenvalue weighted by Gasteiger charge is -2.22. The molecule has 0 aliphatic heterocycles. The van der Waals surface area contributed by atoms with Crippen LogP contribution in [-0.4, -0.2) is 27.8 Å². The molecule has 2 amide bonds. The topological polar surface area (TPSA) is 98.9 Å². The first-order valence-corrected chi connectivity index (χ1v) is 12.8. The lowest BCUT2D eigenvalue weighted by Crippen LogP contribution is -2.36. The average molecular weight is 534 g/mol. The smallest absolute Gasteiger partial charge is 0.254 e. The molecule has 4 N–H and O–H groups in total. The summed E-state index contributed by atoms with van der Waals surface area (Å²) in [6.07, 6.45) is 5.11. The number of aromatic nitrogens is 2. The van der Waals surface area contributed by atoms with E-state index in [1.165, 1.54) is 12.1 Å². The Morgan fingerprint density at radius 1 is 1.14 bits per heavy atom. The molecule has 0 bridgehead atoms. The SMILES string of the molecule is CC(C)(C)C(=O)NCc1ccc(Cl)c(Nc2nc3cc(C(=O)NC4CCCCC4)c(F)cc3[nH]2)c1Cl. The molecule has 3 aromatic rings. The summed E-state index contributed by atoms with van der Waals surface area (Å²) in [6.45, 7) is 5.71. The summed E-state index contributed by atoms with van der Waals surface area (Å²) in [7, 11) is 0. The highest BCUT2D eigenvalue weighted by Crippen LogP contribution is 2.35. The Hall–Kier alpha value is -2.84. The number of hydrogen-bond acceptors (Lipinski definition) is 4. The van der Waals surface area contributed by atoms with E-state index in [9.17, 15) is 14.0 Å². The van der Waals surface area contributed by atoms with Crippen molar-refractivity contribution in [3.8, 4) is 0 Å². The second-order valence-electron chi connectivity index (χ2n) is 10.2. The standard InChI is InChI=1S/C26H30Cl2FN5O2/c1-26(2,3)24(36)30-13-14-9-10-17(27)22(21(14)28)34-25-32-19-11-16(18(29)12-20(19)33-25)23(35)31-15-7-5-4-6-8-15/h9-12,15H,4-8,13H2,1-3H3,(H,30,36)(H,31,35)(H2,32,33,34). The van der Waals surface area contributed by atoms with Crippen LogP contribution < -0.4 is 16.0 Å². The molecule has 0 radical (unpaired) electrons. The number of hydrogen-bond donors (Lipinski definition) is 4. The number of halogens is 3. The van der Waals surface area contributed by atoms with Gasteiger partial charge >= 0.3 is 0 Å². The predicted octanol–water partition coefficient (Wildman–Crippen LogP) is 6.48. The van der Waals surface area contributed by atoms with E-state index in [4.69, 9.17) is 23.2 Å². The number of carbonyl (C=O) groups excluding carboxylic acids is 2. The van der Waals surface area contributed by atoms with Crippen LogP contribution in [0.2, 0.25) is 10.0 Å². The molecule has 1 fully saturated rings. The molecule has 4 rings (SSSR count). The minimum Gasteiger partial charge on any atom is -0.352 e. The van der Waals surface area contributed by atoms with Crippen molar-refractivity contribution in [1.29, 1.82) is 0 Å². The molecule has 1 heterocycles. The number of fused-ring (bicyclic) bond motifs is 1. The van der Waals surface area contributed by atoms with Gasteiger partial charge in [0.2, 0.25) is 11.9 Å². The quantitative estimate of drug-likeness (QED) is 0.291. The minimum atomic E-state index is -0.626. The molecular formula is C26H30Cl2FN5O2. The third kappa shape index (κ3) is 5.93. The third-order valence-corrected chi connectivity index (χ3v) is 7.04.